The lowest BCUT2D eigenvalue weighted by atomic mass is 10.2. The summed E-state index contributed by atoms with van der Waals surface area (Å²) < 4.78 is 5.44. The fourth-order valence-corrected chi connectivity index (χ4v) is 2.14. The number of aryl methyl sites for hydroxylation is 1. The van der Waals surface area contributed by atoms with Crippen LogP contribution in [0.2, 0.25) is 10.0 Å². The fraction of sp³-hybridized carbons (Fsp3) is 0.188. The number of amides is 1. The Morgan fingerprint density at radius 1 is 1.14 bits per heavy atom. The molecule has 3 nitrogen and oxygen atoms in total. The molecule has 0 atom stereocenters. The number of benzene rings is 2. The van der Waals surface area contributed by atoms with Crippen LogP contribution in [0.5, 0.6) is 5.75 Å². The van der Waals surface area contributed by atoms with Crippen LogP contribution in [0.3, 0.4) is 0 Å². The molecule has 21 heavy (non-hydrogen) atoms. The molecule has 0 saturated carbocycles. The molecule has 0 aromatic heterocycles. The number of hydrogen-bond acceptors (Lipinski definition) is 2. The van der Waals surface area contributed by atoms with Crippen molar-refractivity contribution in [3.63, 3.8) is 0 Å². The van der Waals surface area contributed by atoms with Gasteiger partial charge in [0.25, 0.3) is 5.91 Å². The highest BCUT2D eigenvalue weighted by molar-refractivity contribution is 6.32. The van der Waals surface area contributed by atoms with Crippen LogP contribution in [-0.4, -0.2) is 12.5 Å². The first-order valence-corrected chi connectivity index (χ1v) is 7.17. The zero-order chi connectivity index (χ0) is 15.4. The zero-order valence-electron chi connectivity index (χ0n) is 11.7. The van der Waals surface area contributed by atoms with Crippen LogP contribution in [0.15, 0.2) is 36.4 Å². The summed E-state index contributed by atoms with van der Waals surface area (Å²) in [4.78, 5) is 11.9. The molecule has 0 unspecified atom stereocenters. The first kappa shape index (κ1) is 15.7. The summed E-state index contributed by atoms with van der Waals surface area (Å²) in [6.45, 7) is 3.66. The van der Waals surface area contributed by atoms with E-state index in [-0.39, 0.29) is 12.5 Å². The maximum Gasteiger partial charge on any atom is 0.262 e. The Morgan fingerprint density at radius 2 is 1.90 bits per heavy atom. The standard InChI is InChI=1S/C16H15Cl2NO2/c1-10-6-7-13(18)15(8-10)21-9-16(20)19-14-5-3-4-12(17)11(14)2/h3-8H,9H2,1-2H3,(H,19,20). The van der Waals surface area contributed by atoms with Crippen molar-refractivity contribution >= 4 is 34.8 Å². The Morgan fingerprint density at radius 3 is 2.67 bits per heavy atom. The van der Waals surface area contributed by atoms with Gasteiger partial charge in [0.2, 0.25) is 0 Å². The molecule has 0 fully saturated rings. The summed E-state index contributed by atoms with van der Waals surface area (Å²) in [5, 5.41) is 3.85. The van der Waals surface area contributed by atoms with Crippen LogP contribution in [0.4, 0.5) is 5.69 Å². The van der Waals surface area contributed by atoms with Gasteiger partial charge in [-0.3, -0.25) is 4.79 Å². The molecular weight excluding hydrogens is 309 g/mol. The van der Waals surface area contributed by atoms with Crippen LogP contribution in [0.25, 0.3) is 0 Å². The third-order valence-corrected chi connectivity index (χ3v) is 3.71. The monoisotopic (exact) mass is 323 g/mol. The zero-order valence-corrected chi connectivity index (χ0v) is 13.3. The molecule has 0 bridgehead atoms. The maximum atomic E-state index is 11.9. The predicted octanol–water partition coefficient (Wildman–Crippen LogP) is 4.63. The van der Waals surface area contributed by atoms with E-state index in [2.05, 4.69) is 5.32 Å². The molecule has 0 radical (unpaired) electrons. The third kappa shape index (κ3) is 4.13. The van der Waals surface area contributed by atoms with Crippen molar-refractivity contribution in [2.75, 3.05) is 11.9 Å². The number of carbonyl (C=O) groups excluding carboxylic acids is 1. The van der Waals surface area contributed by atoms with Crippen molar-refractivity contribution in [2.45, 2.75) is 13.8 Å². The second-order valence-corrected chi connectivity index (χ2v) is 5.50. The van der Waals surface area contributed by atoms with Crippen molar-refractivity contribution in [3.05, 3.63) is 57.6 Å². The SMILES string of the molecule is Cc1ccc(Cl)c(OCC(=O)Nc2cccc(Cl)c2C)c1. The van der Waals surface area contributed by atoms with Gasteiger partial charge in [0, 0.05) is 10.7 Å². The molecule has 0 aliphatic rings. The number of carbonyl (C=O) groups is 1. The van der Waals surface area contributed by atoms with Crippen LogP contribution < -0.4 is 10.1 Å². The largest absolute Gasteiger partial charge is 0.482 e. The molecule has 0 heterocycles. The first-order valence-electron chi connectivity index (χ1n) is 6.41. The summed E-state index contributed by atoms with van der Waals surface area (Å²) in [7, 11) is 0. The Hall–Kier alpha value is -1.71. The van der Waals surface area contributed by atoms with Gasteiger partial charge in [0.15, 0.2) is 6.61 Å². The van der Waals surface area contributed by atoms with Crippen molar-refractivity contribution < 1.29 is 9.53 Å². The highest BCUT2D eigenvalue weighted by Crippen LogP contribution is 2.26. The van der Waals surface area contributed by atoms with E-state index < -0.39 is 0 Å². The average molecular weight is 324 g/mol. The summed E-state index contributed by atoms with van der Waals surface area (Å²) in [6, 6.07) is 10.8. The lowest BCUT2D eigenvalue weighted by Gasteiger charge is -2.11. The van der Waals surface area contributed by atoms with E-state index in [0.717, 1.165) is 11.1 Å². The van der Waals surface area contributed by atoms with Gasteiger partial charge in [0.1, 0.15) is 5.75 Å². The Labute approximate surface area is 133 Å². The molecule has 1 amide bonds. The highest BCUT2D eigenvalue weighted by Gasteiger charge is 2.09. The average Bonchev–Trinajstić information content (AvgIpc) is 2.45. The van der Waals surface area contributed by atoms with E-state index in [1.165, 1.54) is 0 Å². The Balaban J connectivity index is 1.99. The fourth-order valence-electron chi connectivity index (χ4n) is 1.79. The van der Waals surface area contributed by atoms with E-state index in [4.69, 9.17) is 27.9 Å². The van der Waals surface area contributed by atoms with Gasteiger partial charge in [0.05, 0.1) is 5.02 Å². The number of halogens is 2. The van der Waals surface area contributed by atoms with Crippen molar-refractivity contribution in [1.29, 1.82) is 0 Å². The van der Waals surface area contributed by atoms with E-state index >= 15 is 0 Å². The predicted molar refractivity (Wildman–Crippen MR) is 86.5 cm³/mol. The molecule has 0 aliphatic heterocycles. The van der Waals surface area contributed by atoms with Crippen molar-refractivity contribution in [3.8, 4) is 5.75 Å². The van der Waals surface area contributed by atoms with Crippen LogP contribution >= 0.6 is 23.2 Å². The topological polar surface area (TPSA) is 38.3 Å². The minimum atomic E-state index is -0.266. The number of hydrogen-bond donors (Lipinski definition) is 1. The summed E-state index contributed by atoms with van der Waals surface area (Å²) in [5.41, 5.74) is 2.51. The summed E-state index contributed by atoms with van der Waals surface area (Å²) >= 11 is 12.0. The van der Waals surface area contributed by atoms with E-state index in [9.17, 15) is 4.79 Å². The molecule has 0 saturated heterocycles. The number of nitrogens with one attached hydrogen (secondary N) is 1. The van der Waals surface area contributed by atoms with Gasteiger partial charge in [-0.25, -0.2) is 0 Å². The molecule has 0 aliphatic carbocycles. The van der Waals surface area contributed by atoms with E-state index in [1.807, 2.05) is 19.9 Å². The summed E-state index contributed by atoms with van der Waals surface area (Å²) in [5.74, 6) is 0.229. The minimum Gasteiger partial charge on any atom is -0.482 e. The number of ether oxygens (including phenoxy) is 1. The molecule has 2 aromatic rings. The number of rotatable bonds is 4. The quantitative estimate of drug-likeness (QED) is 0.890. The van der Waals surface area contributed by atoms with Crippen molar-refractivity contribution in [1.82, 2.24) is 0 Å². The second kappa shape index (κ2) is 6.83. The van der Waals surface area contributed by atoms with Gasteiger partial charge in [-0.05, 0) is 49.2 Å². The Bertz CT molecular complexity index is 671. The lowest BCUT2D eigenvalue weighted by molar-refractivity contribution is -0.118. The molecule has 2 rings (SSSR count). The van der Waals surface area contributed by atoms with Gasteiger partial charge >= 0.3 is 0 Å². The molecule has 5 heteroatoms. The van der Waals surface area contributed by atoms with Crippen LogP contribution in [-0.2, 0) is 4.79 Å². The normalized spacial score (nSPS) is 10.3. The van der Waals surface area contributed by atoms with Crippen molar-refractivity contribution in [2.24, 2.45) is 0 Å². The summed E-state index contributed by atoms with van der Waals surface area (Å²) in [6.07, 6.45) is 0. The van der Waals surface area contributed by atoms with Gasteiger partial charge in [-0.1, -0.05) is 35.3 Å². The smallest absolute Gasteiger partial charge is 0.262 e. The molecule has 1 N–H and O–H groups in total. The lowest BCUT2D eigenvalue weighted by Crippen LogP contribution is -2.20. The molecule has 110 valence electrons. The van der Waals surface area contributed by atoms with Gasteiger partial charge < -0.3 is 10.1 Å². The van der Waals surface area contributed by atoms with Crippen LogP contribution in [0.1, 0.15) is 11.1 Å². The van der Waals surface area contributed by atoms with Gasteiger partial charge in [-0.2, -0.15) is 0 Å². The molecular formula is C16H15Cl2NO2. The van der Waals surface area contributed by atoms with Gasteiger partial charge in [-0.15, -0.1) is 0 Å². The highest BCUT2D eigenvalue weighted by atomic mass is 35.5. The Kier molecular flexibility index (Phi) is 5.10. The number of anilines is 1. The second-order valence-electron chi connectivity index (χ2n) is 4.68. The van der Waals surface area contributed by atoms with E-state index in [0.29, 0.717) is 21.5 Å². The molecule has 2 aromatic carbocycles. The first-order chi connectivity index (χ1) is 9.97. The maximum absolute atomic E-state index is 11.9. The third-order valence-electron chi connectivity index (χ3n) is 2.99. The molecule has 0 spiro atoms. The van der Waals surface area contributed by atoms with E-state index in [1.54, 1.807) is 30.3 Å². The minimum absolute atomic E-state index is 0.116. The van der Waals surface area contributed by atoms with Crippen LogP contribution in [0, 0.1) is 13.8 Å².